The van der Waals surface area contributed by atoms with E-state index < -0.39 is 0 Å². The highest BCUT2D eigenvalue weighted by molar-refractivity contribution is 7.13. The third-order valence-corrected chi connectivity index (χ3v) is 4.71. The van der Waals surface area contributed by atoms with Crippen molar-refractivity contribution in [3.8, 4) is 16.3 Å². The van der Waals surface area contributed by atoms with Crippen LogP contribution < -0.4 is 4.74 Å². The van der Waals surface area contributed by atoms with Crippen molar-refractivity contribution in [1.82, 2.24) is 9.88 Å². The molecule has 0 N–H and O–H groups in total. The highest BCUT2D eigenvalue weighted by atomic mass is 32.1. The van der Waals surface area contributed by atoms with Crippen LogP contribution in [0.3, 0.4) is 0 Å². The number of hydrogen-bond donors (Lipinski definition) is 0. The molecule has 2 aromatic rings. The molecule has 1 fully saturated rings. The highest BCUT2D eigenvalue weighted by Crippen LogP contribution is 2.26. The molecule has 0 saturated carbocycles. The monoisotopic (exact) mass is 318 g/mol. The van der Waals surface area contributed by atoms with Crippen LogP contribution in [0.5, 0.6) is 5.75 Å². The first-order valence-corrected chi connectivity index (χ1v) is 8.48. The van der Waals surface area contributed by atoms with Crippen LogP contribution in [0.2, 0.25) is 0 Å². The SMILES string of the molecule is COc1ccc(-c2nc(CN3CC(C)OC(C)C3)cs2)cc1. The van der Waals surface area contributed by atoms with Gasteiger partial charge in [0.15, 0.2) is 0 Å². The Labute approximate surface area is 135 Å². The maximum absolute atomic E-state index is 5.78. The van der Waals surface area contributed by atoms with E-state index >= 15 is 0 Å². The van der Waals surface area contributed by atoms with Crippen LogP contribution in [0.15, 0.2) is 29.6 Å². The fourth-order valence-electron chi connectivity index (χ4n) is 2.89. The van der Waals surface area contributed by atoms with Gasteiger partial charge in [0.25, 0.3) is 0 Å². The quantitative estimate of drug-likeness (QED) is 0.865. The van der Waals surface area contributed by atoms with Gasteiger partial charge in [0.05, 0.1) is 25.0 Å². The molecule has 5 heteroatoms. The van der Waals surface area contributed by atoms with E-state index in [1.54, 1.807) is 18.4 Å². The molecule has 0 amide bonds. The number of ether oxygens (including phenoxy) is 2. The van der Waals surface area contributed by atoms with E-state index in [-0.39, 0.29) is 0 Å². The second-order valence-corrected chi connectivity index (χ2v) is 6.68. The summed E-state index contributed by atoms with van der Waals surface area (Å²) < 4.78 is 11.0. The Hall–Kier alpha value is -1.43. The lowest BCUT2D eigenvalue weighted by Gasteiger charge is -2.34. The van der Waals surface area contributed by atoms with Gasteiger partial charge in [0.2, 0.25) is 0 Å². The maximum Gasteiger partial charge on any atom is 0.123 e. The second-order valence-electron chi connectivity index (χ2n) is 5.82. The van der Waals surface area contributed by atoms with E-state index in [1.807, 2.05) is 12.1 Å². The molecular formula is C17H22N2O2S. The summed E-state index contributed by atoms with van der Waals surface area (Å²) in [6, 6.07) is 8.06. The van der Waals surface area contributed by atoms with Crippen LogP contribution in [0.1, 0.15) is 19.5 Å². The van der Waals surface area contributed by atoms with Crippen molar-refractivity contribution >= 4 is 11.3 Å². The fraction of sp³-hybridized carbons (Fsp3) is 0.471. The first-order chi connectivity index (χ1) is 10.6. The van der Waals surface area contributed by atoms with Crippen LogP contribution in [0.4, 0.5) is 0 Å². The van der Waals surface area contributed by atoms with Gasteiger partial charge in [0.1, 0.15) is 10.8 Å². The van der Waals surface area contributed by atoms with Gasteiger partial charge in [-0.05, 0) is 38.1 Å². The molecule has 1 saturated heterocycles. The highest BCUT2D eigenvalue weighted by Gasteiger charge is 2.22. The summed E-state index contributed by atoms with van der Waals surface area (Å²) in [5.74, 6) is 0.872. The molecule has 3 rings (SSSR count). The molecule has 2 heterocycles. The Morgan fingerprint density at radius 3 is 2.55 bits per heavy atom. The molecule has 1 aliphatic rings. The Morgan fingerprint density at radius 2 is 1.91 bits per heavy atom. The molecule has 22 heavy (non-hydrogen) atoms. The molecule has 1 aliphatic heterocycles. The summed E-state index contributed by atoms with van der Waals surface area (Å²) in [4.78, 5) is 7.20. The average Bonchev–Trinajstić information content (AvgIpc) is 2.95. The van der Waals surface area contributed by atoms with Gasteiger partial charge in [-0.2, -0.15) is 0 Å². The molecule has 1 aromatic heterocycles. The standard InChI is InChI=1S/C17H22N2O2S/c1-12-8-19(9-13(2)21-12)10-15-11-22-17(18-15)14-4-6-16(20-3)7-5-14/h4-7,11-13H,8-10H2,1-3H3. The normalized spacial score (nSPS) is 22.7. The van der Waals surface area contributed by atoms with Gasteiger partial charge >= 0.3 is 0 Å². The van der Waals surface area contributed by atoms with Crippen molar-refractivity contribution in [2.24, 2.45) is 0 Å². The molecule has 118 valence electrons. The Kier molecular flexibility index (Phi) is 4.76. The number of thiazole rings is 1. The van der Waals surface area contributed by atoms with Crippen molar-refractivity contribution in [3.63, 3.8) is 0 Å². The number of methoxy groups -OCH3 is 1. The molecule has 4 nitrogen and oxygen atoms in total. The first-order valence-electron chi connectivity index (χ1n) is 7.60. The van der Waals surface area contributed by atoms with Gasteiger partial charge < -0.3 is 9.47 Å². The summed E-state index contributed by atoms with van der Waals surface area (Å²) in [6.07, 6.45) is 0.590. The summed E-state index contributed by atoms with van der Waals surface area (Å²) in [5, 5.41) is 3.22. The van der Waals surface area contributed by atoms with Crippen molar-refractivity contribution < 1.29 is 9.47 Å². The van der Waals surface area contributed by atoms with Crippen LogP contribution in [-0.4, -0.2) is 42.3 Å². The zero-order chi connectivity index (χ0) is 15.5. The Balaban J connectivity index is 1.68. The van der Waals surface area contributed by atoms with Gasteiger partial charge in [0, 0.05) is 30.6 Å². The largest absolute Gasteiger partial charge is 0.497 e. The zero-order valence-electron chi connectivity index (χ0n) is 13.3. The zero-order valence-corrected chi connectivity index (χ0v) is 14.1. The lowest BCUT2D eigenvalue weighted by Crippen LogP contribution is -2.44. The van der Waals surface area contributed by atoms with Gasteiger partial charge in [-0.25, -0.2) is 4.98 Å². The smallest absolute Gasteiger partial charge is 0.123 e. The van der Waals surface area contributed by atoms with E-state index in [0.717, 1.165) is 41.6 Å². The average molecular weight is 318 g/mol. The molecule has 0 bridgehead atoms. The molecule has 0 radical (unpaired) electrons. The van der Waals surface area contributed by atoms with Crippen LogP contribution in [0.25, 0.3) is 10.6 Å². The summed E-state index contributed by atoms with van der Waals surface area (Å²) in [7, 11) is 1.68. The van der Waals surface area contributed by atoms with Gasteiger partial charge in [-0.15, -0.1) is 11.3 Å². The number of benzene rings is 1. The number of nitrogens with zero attached hydrogens (tertiary/aromatic N) is 2. The second kappa shape index (κ2) is 6.77. The van der Waals surface area contributed by atoms with Crippen molar-refractivity contribution in [2.45, 2.75) is 32.6 Å². The van der Waals surface area contributed by atoms with E-state index in [0.29, 0.717) is 12.2 Å². The third kappa shape index (κ3) is 3.66. The third-order valence-electron chi connectivity index (χ3n) is 3.77. The first kappa shape index (κ1) is 15.5. The van der Waals surface area contributed by atoms with E-state index in [1.165, 1.54) is 0 Å². The summed E-state index contributed by atoms with van der Waals surface area (Å²) in [6.45, 7) is 7.10. The van der Waals surface area contributed by atoms with Crippen molar-refractivity contribution in [1.29, 1.82) is 0 Å². The van der Waals surface area contributed by atoms with Crippen LogP contribution >= 0.6 is 11.3 Å². The minimum Gasteiger partial charge on any atom is -0.497 e. The lowest BCUT2D eigenvalue weighted by molar-refractivity contribution is -0.0707. The topological polar surface area (TPSA) is 34.6 Å². The Bertz CT molecular complexity index is 601. The minimum atomic E-state index is 0.295. The summed E-state index contributed by atoms with van der Waals surface area (Å²) >= 11 is 1.70. The molecule has 0 spiro atoms. The van der Waals surface area contributed by atoms with Gasteiger partial charge in [-0.1, -0.05) is 0 Å². The molecular weight excluding hydrogens is 296 g/mol. The Morgan fingerprint density at radius 1 is 1.23 bits per heavy atom. The molecule has 2 atom stereocenters. The number of hydrogen-bond acceptors (Lipinski definition) is 5. The lowest BCUT2D eigenvalue weighted by atomic mass is 10.2. The molecule has 2 unspecified atom stereocenters. The molecule has 1 aromatic carbocycles. The summed E-state index contributed by atoms with van der Waals surface area (Å²) in [5.41, 5.74) is 2.28. The van der Waals surface area contributed by atoms with E-state index in [9.17, 15) is 0 Å². The van der Waals surface area contributed by atoms with Crippen LogP contribution in [0, 0.1) is 0 Å². The van der Waals surface area contributed by atoms with E-state index in [4.69, 9.17) is 14.5 Å². The van der Waals surface area contributed by atoms with E-state index in [2.05, 4.69) is 36.3 Å². The predicted octanol–water partition coefficient (Wildman–Crippen LogP) is 3.43. The number of morpholine rings is 1. The van der Waals surface area contributed by atoms with Crippen molar-refractivity contribution in [2.75, 3.05) is 20.2 Å². The maximum atomic E-state index is 5.78. The predicted molar refractivity (Wildman–Crippen MR) is 89.4 cm³/mol. The van der Waals surface area contributed by atoms with Crippen molar-refractivity contribution in [3.05, 3.63) is 35.3 Å². The molecule has 0 aliphatic carbocycles. The minimum absolute atomic E-state index is 0.295. The fourth-order valence-corrected chi connectivity index (χ4v) is 3.71. The number of rotatable bonds is 4. The van der Waals surface area contributed by atoms with Gasteiger partial charge in [-0.3, -0.25) is 4.90 Å². The number of aromatic nitrogens is 1. The van der Waals surface area contributed by atoms with Crippen LogP contribution in [-0.2, 0) is 11.3 Å².